The SMILES string of the molecule is CC1C(=O)N2CCCc3cc(S(=O)(=O)Nc4cc(C(F)(F)F)ccc4Cl)cc1c32. The fourth-order valence-corrected chi connectivity index (χ4v) is 5.18. The van der Waals surface area contributed by atoms with E-state index in [2.05, 4.69) is 4.72 Å². The number of carbonyl (C=O) groups is 1. The fourth-order valence-electron chi connectivity index (χ4n) is 3.80. The highest BCUT2D eigenvalue weighted by Gasteiger charge is 2.39. The lowest BCUT2D eigenvalue weighted by molar-refractivity contribution is -0.137. The predicted molar refractivity (Wildman–Crippen MR) is 103 cm³/mol. The van der Waals surface area contributed by atoms with Crippen molar-refractivity contribution in [3.63, 3.8) is 0 Å². The minimum atomic E-state index is -4.64. The maximum Gasteiger partial charge on any atom is 0.416 e. The molecule has 2 heterocycles. The second-order valence-corrected chi connectivity index (χ2v) is 9.22. The monoisotopic (exact) mass is 444 g/mol. The van der Waals surface area contributed by atoms with E-state index in [4.69, 9.17) is 11.6 Å². The Labute approximate surface area is 170 Å². The molecule has 29 heavy (non-hydrogen) atoms. The molecule has 0 bridgehead atoms. The Kier molecular flexibility index (Phi) is 4.58. The molecule has 10 heteroatoms. The van der Waals surface area contributed by atoms with Gasteiger partial charge in [0.1, 0.15) is 0 Å². The minimum absolute atomic E-state index is 0.0793. The van der Waals surface area contributed by atoms with Crippen LogP contribution in [0.15, 0.2) is 35.2 Å². The molecule has 0 spiro atoms. The summed E-state index contributed by atoms with van der Waals surface area (Å²) in [7, 11) is -4.22. The normalized spacial score (nSPS) is 18.7. The van der Waals surface area contributed by atoms with E-state index in [1.54, 1.807) is 11.8 Å². The topological polar surface area (TPSA) is 66.5 Å². The average molecular weight is 445 g/mol. The Hall–Kier alpha value is -2.26. The molecule has 1 amide bonds. The van der Waals surface area contributed by atoms with Gasteiger partial charge in [0.2, 0.25) is 5.91 Å². The second kappa shape index (κ2) is 6.63. The van der Waals surface area contributed by atoms with Crippen LogP contribution in [0.4, 0.5) is 24.5 Å². The van der Waals surface area contributed by atoms with E-state index >= 15 is 0 Å². The summed E-state index contributed by atoms with van der Waals surface area (Å²) in [5.41, 5.74) is 0.731. The van der Waals surface area contributed by atoms with Crippen molar-refractivity contribution in [3.8, 4) is 0 Å². The first-order chi connectivity index (χ1) is 13.5. The molecule has 0 fully saturated rings. The van der Waals surface area contributed by atoms with E-state index in [0.717, 1.165) is 23.4 Å². The molecule has 5 nitrogen and oxygen atoms in total. The minimum Gasteiger partial charge on any atom is -0.311 e. The van der Waals surface area contributed by atoms with Crippen LogP contribution in [-0.4, -0.2) is 20.9 Å². The Morgan fingerprint density at radius 2 is 1.93 bits per heavy atom. The zero-order valence-corrected chi connectivity index (χ0v) is 16.7. The smallest absolute Gasteiger partial charge is 0.311 e. The van der Waals surface area contributed by atoms with Gasteiger partial charge in [-0.2, -0.15) is 13.2 Å². The van der Waals surface area contributed by atoms with Crippen molar-refractivity contribution in [2.24, 2.45) is 0 Å². The number of aryl methyl sites for hydroxylation is 1. The third kappa shape index (κ3) is 3.36. The van der Waals surface area contributed by atoms with Gasteiger partial charge in [0.25, 0.3) is 10.0 Å². The van der Waals surface area contributed by atoms with Gasteiger partial charge >= 0.3 is 6.18 Å². The fraction of sp³-hybridized carbons (Fsp3) is 0.316. The van der Waals surface area contributed by atoms with Crippen LogP contribution in [0.2, 0.25) is 5.02 Å². The number of sulfonamides is 1. The van der Waals surface area contributed by atoms with Crippen molar-refractivity contribution in [2.45, 2.75) is 36.8 Å². The Balaban J connectivity index is 1.76. The molecule has 2 aliphatic rings. The molecule has 154 valence electrons. The lowest BCUT2D eigenvalue weighted by atomic mass is 9.97. The van der Waals surface area contributed by atoms with Gasteiger partial charge in [-0.25, -0.2) is 8.42 Å². The molecule has 2 aromatic rings. The first kappa shape index (κ1) is 20.0. The summed E-state index contributed by atoms with van der Waals surface area (Å²) < 4.78 is 66.9. The molecule has 0 saturated carbocycles. The summed E-state index contributed by atoms with van der Waals surface area (Å²) in [5.74, 6) is -0.557. The molecule has 0 aliphatic carbocycles. The van der Waals surface area contributed by atoms with E-state index in [1.165, 1.54) is 12.1 Å². The quantitative estimate of drug-likeness (QED) is 0.755. The van der Waals surface area contributed by atoms with Gasteiger partial charge in [-0.05, 0) is 61.2 Å². The molecule has 1 atom stereocenters. The zero-order chi connectivity index (χ0) is 21.1. The van der Waals surface area contributed by atoms with E-state index in [9.17, 15) is 26.4 Å². The summed E-state index contributed by atoms with van der Waals surface area (Å²) in [6.07, 6.45) is -3.31. The number of hydrogen-bond donors (Lipinski definition) is 1. The molecular formula is C19H16ClF3N2O3S. The van der Waals surface area contributed by atoms with Crippen molar-refractivity contribution in [1.82, 2.24) is 0 Å². The van der Waals surface area contributed by atoms with Crippen LogP contribution in [0.25, 0.3) is 0 Å². The number of anilines is 2. The van der Waals surface area contributed by atoms with Crippen molar-refractivity contribution < 1.29 is 26.4 Å². The van der Waals surface area contributed by atoms with Gasteiger partial charge in [-0.3, -0.25) is 9.52 Å². The highest BCUT2D eigenvalue weighted by Crippen LogP contribution is 2.44. The zero-order valence-electron chi connectivity index (χ0n) is 15.2. The standard InChI is InChI=1S/C19H16ClF3N2O3S/c1-10-14-9-13(7-11-3-2-6-25(17(11)14)18(10)26)29(27,28)24-16-8-12(19(21,22)23)4-5-15(16)20/h4-5,7-10,24H,2-3,6H2,1H3. The molecule has 2 aromatic carbocycles. The number of hydrogen-bond acceptors (Lipinski definition) is 3. The van der Waals surface area contributed by atoms with Gasteiger partial charge in [-0.1, -0.05) is 11.6 Å². The third-order valence-corrected chi connectivity index (χ3v) is 6.92. The summed E-state index contributed by atoms with van der Waals surface area (Å²) in [6, 6.07) is 5.32. The number of carbonyl (C=O) groups excluding carboxylic acids is 1. The van der Waals surface area contributed by atoms with Crippen LogP contribution in [0, 0.1) is 0 Å². The lowest BCUT2D eigenvalue weighted by Crippen LogP contribution is -2.32. The molecule has 0 radical (unpaired) electrons. The van der Waals surface area contributed by atoms with E-state index in [1.807, 2.05) is 0 Å². The number of halogens is 4. The van der Waals surface area contributed by atoms with Gasteiger partial charge in [0.15, 0.2) is 0 Å². The van der Waals surface area contributed by atoms with Crippen LogP contribution in [-0.2, 0) is 27.4 Å². The molecule has 1 unspecified atom stereocenters. The number of nitrogens with one attached hydrogen (secondary N) is 1. The Morgan fingerprint density at radius 3 is 2.62 bits per heavy atom. The van der Waals surface area contributed by atoms with Crippen LogP contribution in [0.3, 0.4) is 0 Å². The number of amides is 1. The van der Waals surface area contributed by atoms with Gasteiger partial charge in [0.05, 0.1) is 32.8 Å². The highest BCUT2D eigenvalue weighted by molar-refractivity contribution is 7.92. The van der Waals surface area contributed by atoms with Crippen LogP contribution in [0.1, 0.15) is 36.0 Å². The average Bonchev–Trinajstić information content (AvgIpc) is 2.89. The van der Waals surface area contributed by atoms with Gasteiger partial charge in [0, 0.05) is 6.54 Å². The molecule has 1 N–H and O–H groups in total. The largest absolute Gasteiger partial charge is 0.416 e. The molecule has 0 aromatic heterocycles. The molecule has 4 rings (SSSR count). The van der Waals surface area contributed by atoms with Crippen molar-refractivity contribution >= 4 is 38.9 Å². The molecule has 0 saturated heterocycles. The number of nitrogens with zero attached hydrogens (tertiary/aromatic N) is 1. The van der Waals surface area contributed by atoms with Crippen LogP contribution >= 0.6 is 11.6 Å². The van der Waals surface area contributed by atoms with E-state index in [0.29, 0.717) is 31.0 Å². The highest BCUT2D eigenvalue weighted by atomic mass is 35.5. The summed E-state index contributed by atoms with van der Waals surface area (Å²) in [6.45, 7) is 2.30. The first-order valence-corrected chi connectivity index (χ1v) is 10.7. The van der Waals surface area contributed by atoms with Crippen LogP contribution < -0.4 is 9.62 Å². The summed E-state index contributed by atoms with van der Waals surface area (Å²) in [5, 5.41) is -0.154. The Bertz CT molecular complexity index is 1130. The lowest BCUT2D eigenvalue weighted by Gasteiger charge is -2.26. The van der Waals surface area contributed by atoms with Crippen molar-refractivity contribution in [3.05, 3.63) is 52.0 Å². The Morgan fingerprint density at radius 1 is 1.21 bits per heavy atom. The maximum atomic E-state index is 13.0. The summed E-state index contributed by atoms with van der Waals surface area (Å²) >= 11 is 5.92. The van der Waals surface area contributed by atoms with E-state index in [-0.39, 0.29) is 21.5 Å². The number of rotatable bonds is 3. The predicted octanol–water partition coefficient (Wildman–Crippen LogP) is 4.56. The van der Waals surface area contributed by atoms with Crippen molar-refractivity contribution in [1.29, 1.82) is 0 Å². The first-order valence-electron chi connectivity index (χ1n) is 8.87. The van der Waals surface area contributed by atoms with Crippen LogP contribution in [0.5, 0.6) is 0 Å². The molecular weight excluding hydrogens is 429 g/mol. The second-order valence-electron chi connectivity index (χ2n) is 7.13. The number of alkyl halides is 3. The van der Waals surface area contributed by atoms with E-state index < -0.39 is 27.7 Å². The summed E-state index contributed by atoms with van der Waals surface area (Å²) in [4.78, 5) is 14.0. The molecule has 2 aliphatic heterocycles. The van der Waals surface area contributed by atoms with Crippen molar-refractivity contribution in [2.75, 3.05) is 16.2 Å². The number of benzene rings is 2. The third-order valence-electron chi connectivity index (χ3n) is 5.24. The van der Waals surface area contributed by atoms with Gasteiger partial charge < -0.3 is 4.90 Å². The van der Waals surface area contributed by atoms with Gasteiger partial charge in [-0.15, -0.1) is 0 Å². The maximum absolute atomic E-state index is 13.0.